The van der Waals surface area contributed by atoms with E-state index < -0.39 is 5.63 Å². The Morgan fingerprint density at radius 3 is 2.64 bits per heavy atom. The third-order valence-corrected chi connectivity index (χ3v) is 3.93. The molecule has 0 atom stereocenters. The van der Waals surface area contributed by atoms with E-state index in [2.05, 4.69) is 5.32 Å². The number of carbonyl (C=O) groups excluding carboxylic acids is 1. The number of rotatable bonds is 5. The van der Waals surface area contributed by atoms with Crippen molar-refractivity contribution in [3.8, 4) is 5.75 Å². The van der Waals surface area contributed by atoms with E-state index in [-0.39, 0.29) is 12.5 Å². The first-order valence-electron chi connectivity index (χ1n) is 7.80. The number of fused-ring (bicyclic) bond motifs is 1. The smallest absolute Gasteiger partial charge is 0.336 e. The van der Waals surface area contributed by atoms with Crippen LogP contribution in [0, 0.1) is 0 Å². The van der Waals surface area contributed by atoms with Gasteiger partial charge in [-0.1, -0.05) is 18.5 Å². The molecule has 1 aromatic heterocycles. The molecule has 3 rings (SSSR count). The predicted octanol–water partition coefficient (Wildman–Crippen LogP) is 4.03. The zero-order chi connectivity index (χ0) is 17.8. The van der Waals surface area contributed by atoms with Crippen LogP contribution in [0.4, 0.5) is 5.69 Å². The van der Waals surface area contributed by atoms with E-state index in [1.54, 1.807) is 36.4 Å². The summed E-state index contributed by atoms with van der Waals surface area (Å²) < 4.78 is 10.7. The lowest BCUT2D eigenvalue weighted by Crippen LogP contribution is -2.20. The van der Waals surface area contributed by atoms with Crippen molar-refractivity contribution in [2.45, 2.75) is 13.3 Å². The van der Waals surface area contributed by atoms with Gasteiger partial charge in [-0.25, -0.2) is 4.79 Å². The molecule has 0 aliphatic heterocycles. The first kappa shape index (κ1) is 17.0. The fourth-order valence-corrected chi connectivity index (χ4v) is 2.60. The van der Waals surface area contributed by atoms with Gasteiger partial charge in [0.05, 0.1) is 0 Å². The number of benzene rings is 2. The number of anilines is 1. The SMILES string of the molecule is CCc1cc(=O)oc2cc(OCC(=O)Nc3ccc(Cl)cc3)ccc12. The van der Waals surface area contributed by atoms with E-state index in [0.29, 0.717) is 22.0 Å². The van der Waals surface area contributed by atoms with Crippen LogP contribution >= 0.6 is 11.6 Å². The van der Waals surface area contributed by atoms with Crippen molar-refractivity contribution in [2.75, 3.05) is 11.9 Å². The highest BCUT2D eigenvalue weighted by Gasteiger charge is 2.08. The summed E-state index contributed by atoms with van der Waals surface area (Å²) in [5.74, 6) is 0.154. The molecule has 1 amide bonds. The highest BCUT2D eigenvalue weighted by atomic mass is 35.5. The van der Waals surface area contributed by atoms with Gasteiger partial charge in [0.15, 0.2) is 6.61 Å². The van der Waals surface area contributed by atoms with Gasteiger partial charge in [0.1, 0.15) is 11.3 Å². The first-order chi connectivity index (χ1) is 12.0. The average Bonchev–Trinajstić information content (AvgIpc) is 2.60. The van der Waals surface area contributed by atoms with Crippen LogP contribution in [0.25, 0.3) is 11.0 Å². The van der Waals surface area contributed by atoms with Gasteiger partial charge in [-0.05, 0) is 48.4 Å². The molecule has 0 fully saturated rings. The number of hydrogen-bond acceptors (Lipinski definition) is 4. The van der Waals surface area contributed by atoms with Gasteiger partial charge in [0.2, 0.25) is 0 Å². The van der Waals surface area contributed by atoms with Gasteiger partial charge in [0.25, 0.3) is 5.91 Å². The standard InChI is InChI=1S/C19H16ClNO4/c1-2-12-9-19(23)25-17-10-15(7-8-16(12)17)24-11-18(22)21-14-5-3-13(20)4-6-14/h3-10H,2,11H2,1H3,(H,21,22). The molecule has 0 aliphatic rings. The zero-order valence-electron chi connectivity index (χ0n) is 13.5. The van der Waals surface area contributed by atoms with Crippen molar-refractivity contribution >= 4 is 34.2 Å². The van der Waals surface area contributed by atoms with Gasteiger partial charge in [-0.3, -0.25) is 4.79 Å². The lowest BCUT2D eigenvalue weighted by atomic mass is 10.1. The minimum absolute atomic E-state index is 0.161. The van der Waals surface area contributed by atoms with Crippen LogP contribution in [0.15, 0.2) is 57.7 Å². The molecule has 25 heavy (non-hydrogen) atoms. The van der Waals surface area contributed by atoms with E-state index >= 15 is 0 Å². The van der Waals surface area contributed by atoms with Gasteiger partial charge in [-0.15, -0.1) is 0 Å². The van der Waals surface area contributed by atoms with Crippen molar-refractivity contribution in [3.05, 3.63) is 69.5 Å². The van der Waals surface area contributed by atoms with Crippen molar-refractivity contribution in [1.29, 1.82) is 0 Å². The molecule has 3 aromatic rings. The summed E-state index contributed by atoms with van der Waals surface area (Å²) in [7, 11) is 0. The maximum Gasteiger partial charge on any atom is 0.336 e. The lowest BCUT2D eigenvalue weighted by molar-refractivity contribution is -0.118. The molecule has 2 aromatic carbocycles. The second-order valence-corrected chi connectivity index (χ2v) is 5.88. The topological polar surface area (TPSA) is 68.5 Å². The Balaban J connectivity index is 1.69. The van der Waals surface area contributed by atoms with Crippen LogP contribution in [0.3, 0.4) is 0 Å². The Hall–Kier alpha value is -2.79. The van der Waals surface area contributed by atoms with Gasteiger partial charge < -0.3 is 14.5 Å². The van der Waals surface area contributed by atoms with Crippen LogP contribution in [0.1, 0.15) is 12.5 Å². The molecule has 6 heteroatoms. The monoisotopic (exact) mass is 357 g/mol. The molecule has 0 bridgehead atoms. The second kappa shape index (κ2) is 7.40. The molecule has 0 aliphatic carbocycles. The zero-order valence-corrected chi connectivity index (χ0v) is 14.3. The Kier molecular flexibility index (Phi) is 5.05. The van der Waals surface area contributed by atoms with E-state index in [0.717, 1.165) is 17.4 Å². The van der Waals surface area contributed by atoms with Gasteiger partial charge in [-0.2, -0.15) is 0 Å². The third-order valence-electron chi connectivity index (χ3n) is 3.68. The Morgan fingerprint density at radius 2 is 1.92 bits per heavy atom. The van der Waals surface area contributed by atoms with Gasteiger partial charge in [0, 0.05) is 28.2 Å². The Morgan fingerprint density at radius 1 is 1.16 bits per heavy atom. The number of aryl methyl sites for hydroxylation is 1. The normalized spacial score (nSPS) is 10.6. The summed E-state index contributed by atoms with van der Waals surface area (Å²) in [6, 6.07) is 13.5. The van der Waals surface area contributed by atoms with Crippen molar-refractivity contribution in [1.82, 2.24) is 0 Å². The Bertz CT molecular complexity index is 963. The average molecular weight is 358 g/mol. The number of nitrogens with one attached hydrogen (secondary N) is 1. The summed E-state index contributed by atoms with van der Waals surface area (Å²) >= 11 is 5.80. The number of hydrogen-bond donors (Lipinski definition) is 1. The van der Waals surface area contributed by atoms with Gasteiger partial charge >= 0.3 is 5.63 Å². The molecular formula is C19H16ClNO4. The molecule has 128 valence electrons. The lowest BCUT2D eigenvalue weighted by Gasteiger charge is -2.09. The number of ether oxygens (including phenoxy) is 1. The van der Waals surface area contributed by atoms with E-state index in [4.69, 9.17) is 20.8 Å². The van der Waals surface area contributed by atoms with E-state index in [1.165, 1.54) is 6.07 Å². The van der Waals surface area contributed by atoms with Crippen LogP contribution in [-0.4, -0.2) is 12.5 Å². The fraction of sp³-hybridized carbons (Fsp3) is 0.158. The number of amides is 1. The molecule has 0 radical (unpaired) electrons. The predicted molar refractivity (Wildman–Crippen MR) is 97.4 cm³/mol. The largest absolute Gasteiger partial charge is 0.484 e. The van der Waals surface area contributed by atoms with Crippen LogP contribution in [0.2, 0.25) is 5.02 Å². The summed E-state index contributed by atoms with van der Waals surface area (Å²) in [5.41, 5.74) is 1.59. The molecule has 1 heterocycles. The summed E-state index contributed by atoms with van der Waals surface area (Å²) in [5, 5.41) is 4.16. The summed E-state index contributed by atoms with van der Waals surface area (Å²) in [6.45, 7) is 1.81. The maximum atomic E-state index is 11.9. The molecular weight excluding hydrogens is 342 g/mol. The summed E-state index contributed by atoms with van der Waals surface area (Å²) in [6.07, 6.45) is 0.728. The Labute approximate surface area is 149 Å². The quantitative estimate of drug-likeness (QED) is 0.700. The fourth-order valence-electron chi connectivity index (χ4n) is 2.47. The number of halogens is 1. The highest BCUT2D eigenvalue weighted by Crippen LogP contribution is 2.23. The van der Waals surface area contributed by atoms with E-state index in [1.807, 2.05) is 13.0 Å². The van der Waals surface area contributed by atoms with Crippen LogP contribution in [-0.2, 0) is 11.2 Å². The van der Waals surface area contributed by atoms with Crippen molar-refractivity contribution in [2.24, 2.45) is 0 Å². The molecule has 0 spiro atoms. The van der Waals surface area contributed by atoms with Crippen molar-refractivity contribution < 1.29 is 13.9 Å². The van der Waals surface area contributed by atoms with E-state index in [9.17, 15) is 9.59 Å². The number of carbonyl (C=O) groups is 1. The molecule has 0 saturated heterocycles. The minimum atomic E-state index is -0.401. The molecule has 1 N–H and O–H groups in total. The third kappa shape index (κ3) is 4.19. The molecule has 0 saturated carbocycles. The minimum Gasteiger partial charge on any atom is -0.484 e. The summed E-state index contributed by atoms with van der Waals surface area (Å²) in [4.78, 5) is 23.5. The van der Waals surface area contributed by atoms with Crippen LogP contribution < -0.4 is 15.7 Å². The first-order valence-corrected chi connectivity index (χ1v) is 8.18. The van der Waals surface area contributed by atoms with Crippen LogP contribution in [0.5, 0.6) is 5.75 Å². The second-order valence-electron chi connectivity index (χ2n) is 5.45. The maximum absolute atomic E-state index is 11.9. The van der Waals surface area contributed by atoms with Crippen molar-refractivity contribution in [3.63, 3.8) is 0 Å². The highest BCUT2D eigenvalue weighted by molar-refractivity contribution is 6.30. The molecule has 5 nitrogen and oxygen atoms in total. The molecule has 0 unspecified atom stereocenters.